The van der Waals surface area contributed by atoms with E-state index in [1.807, 2.05) is 18.2 Å². The second kappa shape index (κ2) is 6.97. The minimum atomic E-state index is -1.04. The van der Waals surface area contributed by atoms with E-state index in [1.165, 1.54) is 16.7 Å². The van der Waals surface area contributed by atoms with Gasteiger partial charge in [0.2, 0.25) is 5.91 Å². The maximum absolute atomic E-state index is 12.1. The van der Waals surface area contributed by atoms with Crippen LogP contribution in [-0.2, 0) is 14.3 Å². The summed E-state index contributed by atoms with van der Waals surface area (Å²) in [5.41, 5.74) is 0. The topological polar surface area (TPSA) is 66.8 Å². The van der Waals surface area contributed by atoms with Crippen LogP contribution in [0.15, 0.2) is 29.2 Å². The zero-order valence-corrected chi connectivity index (χ0v) is 12.2. The number of thioether (sulfide) groups is 1. The summed E-state index contributed by atoms with van der Waals surface area (Å²) in [7, 11) is 0. The van der Waals surface area contributed by atoms with Gasteiger partial charge in [0.05, 0.1) is 23.9 Å². The lowest BCUT2D eigenvalue weighted by Gasteiger charge is -2.30. The molecule has 2 rings (SSSR count). The fourth-order valence-electron chi connectivity index (χ4n) is 1.82. The lowest BCUT2D eigenvalue weighted by molar-refractivity contribution is -0.158. The molecule has 0 aliphatic carbocycles. The molecule has 1 aromatic rings. The fourth-order valence-corrected chi connectivity index (χ4v) is 2.96. The van der Waals surface area contributed by atoms with E-state index < -0.39 is 12.1 Å². The molecule has 0 bridgehead atoms. The normalized spacial score (nSPS) is 18.9. The monoisotopic (exact) mass is 315 g/mol. The van der Waals surface area contributed by atoms with Gasteiger partial charge in [-0.1, -0.05) is 23.7 Å². The fraction of sp³-hybridized carbons (Fsp3) is 0.385. The van der Waals surface area contributed by atoms with Crippen molar-refractivity contribution in [3.8, 4) is 0 Å². The predicted molar refractivity (Wildman–Crippen MR) is 76.1 cm³/mol. The van der Waals surface area contributed by atoms with Crippen LogP contribution < -0.4 is 0 Å². The summed E-state index contributed by atoms with van der Waals surface area (Å²) >= 11 is 7.36. The van der Waals surface area contributed by atoms with E-state index >= 15 is 0 Å². The van der Waals surface area contributed by atoms with Crippen molar-refractivity contribution in [2.75, 3.05) is 25.4 Å². The molecule has 1 aliphatic heterocycles. The summed E-state index contributed by atoms with van der Waals surface area (Å²) in [6, 6.07) is 7.30. The molecule has 7 heteroatoms. The minimum absolute atomic E-state index is 0.0945. The Labute approximate surface area is 125 Å². The number of nitrogens with zero attached hydrogens (tertiary/aromatic N) is 1. The highest BCUT2D eigenvalue weighted by Crippen LogP contribution is 2.26. The average molecular weight is 316 g/mol. The lowest BCUT2D eigenvalue weighted by Crippen LogP contribution is -2.49. The minimum Gasteiger partial charge on any atom is -0.479 e. The van der Waals surface area contributed by atoms with Crippen LogP contribution in [0.1, 0.15) is 0 Å². The van der Waals surface area contributed by atoms with Gasteiger partial charge < -0.3 is 14.7 Å². The van der Waals surface area contributed by atoms with Gasteiger partial charge in [-0.2, -0.15) is 0 Å². The van der Waals surface area contributed by atoms with Crippen molar-refractivity contribution >= 4 is 35.2 Å². The number of benzene rings is 1. The molecule has 0 aromatic heterocycles. The predicted octanol–water partition coefficient (Wildman–Crippen LogP) is 1.74. The Bertz CT molecular complexity index is 511. The van der Waals surface area contributed by atoms with Crippen LogP contribution in [-0.4, -0.2) is 53.4 Å². The van der Waals surface area contributed by atoms with Crippen LogP contribution in [0.25, 0.3) is 0 Å². The first-order valence-corrected chi connectivity index (χ1v) is 7.44. The van der Waals surface area contributed by atoms with Gasteiger partial charge in [-0.15, -0.1) is 11.8 Å². The Kier molecular flexibility index (Phi) is 5.28. The Hall–Kier alpha value is -1.24. The number of carbonyl (C=O) groups is 2. The van der Waals surface area contributed by atoms with Crippen molar-refractivity contribution in [2.24, 2.45) is 0 Å². The van der Waals surface area contributed by atoms with Crippen LogP contribution >= 0.6 is 23.4 Å². The number of morpholine rings is 1. The van der Waals surface area contributed by atoms with Crippen molar-refractivity contribution in [2.45, 2.75) is 11.0 Å². The molecule has 0 radical (unpaired) electrons. The molecule has 0 spiro atoms. The third kappa shape index (κ3) is 3.88. The highest BCUT2D eigenvalue weighted by atomic mass is 35.5. The van der Waals surface area contributed by atoms with Crippen LogP contribution in [0, 0.1) is 0 Å². The van der Waals surface area contributed by atoms with E-state index in [0.717, 1.165) is 4.90 Å². The summed E-state index contributed by atoms with van der Waals surface area (Å²) in [5.74, 6) is -0.915. The molecule has 1 aliphatic rings. The number of hydrogen-bond acceptors (Lipinski definition) is 4. The van der Waals surface area contributed by atoms with Crippen molar-refractivity contribution in [1.29, 1.82) is 0 Å². The van der Waals surface area contributed by atoms with Gasteiger partial charge in [0.1, 0.15) is 0 Å². The van der Waals surface area contributed by atoms with E-state index in [-0.39, 0.29) is 24.8 Å². The number of amides is 1. The molecular formula is C13H14ClNO4S. The molecule has 5 nitrogen and oxygen atoms in total. The molecular weight excluding hydrogens is 302 g/mol. The molecule has 0 saturated carbocycles. The SMILES string of the molecule is O=C(O)C1CN(C(=O)CSc2ccccc2Cl)CCO1. The Balaban J connectivity index is 1.89. The van der Waals surface area contributed by atoms with Crippen LogP contribution in [0.3, 0.4) is 0 Å². The number of carbonyl (C=O) groups excluding carboxylic acids is 1. The van der Waals surface area contributed by atoms with Crippen LogP contribution in [0.5, 0.6) is 0 Å². The van der Waals surface area contributed by atoms with Gasteiger partial charge in [-0.25, -0.2) is 4.79 Å². The van der Waals surface area contributed by atoms with E-state index in [1.54, 1.807) is 6.07 Å². The summed E-state index contributed by atoms with van der Waals surface area (Å²) in [6.45, 7) is 0.766. The second-order valence-corrected chi connectivity index (χ2v) is 5.68. The third-order valence-electron chi connectivity index (χ3n) is 2.88. The Morgan fingerprint density at radius 3 is 2.90 bits per heavy atom. The maximum Gasteiger partial charge on any atom is 0.334 e. The summed E-state index contributed by atoms with van der Waals surface area (Å²) < 4.78 is 5.08. The summed E-state index contributed by atoms with van der Waals surface area (Å²) in [5, 5.41) is 9.50. The first kappa shape index (κ1) is 15.2. The van der Waals surface area contributed by atoms with E-state index in [4.69, 9.17) is 21.4 Å². The van der Waals surface area contributed by atoms with Gasteiger partial charge in [0.25, 0.3) is 0 Å². The van der Waals surface area contributed by atoms with Gasteiger partial charge in [0.15, 0.2) is 6.10 Å². The molecule has 1 aromatic carbocycles. The first-order valence-electron chi connectivity index (χ1n) is 6.07. The zero-order chi connectivity index (χ0) is 14.5. The molecule has 1 unspecified atom stereocenters. The smallest absolute Gasteiger partial charge is 0.334 e. The highest BCUT2D eigenvalue weighted by molar-refractivity contribution is 8.00. The standard InChI is InChI=1S/C13H14ClNO4S/c14-9-3-1-2-4-11(9)20-8-12(16)15-5-6-19-10(7-15)13(17)18/h1-4,10H,5-8H2,(H,17,18). The number of hydrogen-bond donors (Lipinski definition) is 1. The van der Waals surface area contributed by atoms with Crippen LogP contribution in [0.4, 0.5) is 0 Å². The molecule has 1 atom stereocenters. The maximum atomic E-state index is 12.1. The molecule has 1 saturated heterocycles. The lowest BCUT2D eigenvalue weighted by atomic mass is 10.3. The average Bonchev–Trinajstić information content (AvgIpc) is 2.46. The van der Waals surface area contributed by atoms with Gasteiger partial charge in [-0.05, 0) is 12.1 Å². The van der Waals surface area contributed by atoms with Crippen molar-refractivity contribution in [1.82, 2.24) is 4.90 Å². The van der Waals surface area contributed by atoms with Crippen molar-refractivity contribution in [3.63, 3.8) is 0 Å². The molecule has 1 fully saturated rings. The first-order chi connectivity index (χ1) is 9.58. The summed E-state index contributed by atoms with van der Waals surface area (Å²) in [6.07, 6.45) is -0.932. The zero-order valence-electron chi connectivity index (χ0n) is 10.6. The van der Waals surface area contributed by atoms with Gasteiger partial charge >= 0.3 is 5.97 Å². The number of carboxylic acid groups (broad SMARTS) is 1. The van der Waals surface area contributed by atoms with Gasteiger partial charge in [-0.3, -0.25) is 4.79 Å². The Morgan fingerprint density at radius 2 is 2.20 bits per heavy atom. The highest BCUT2D eigenvalue weighted by Gasteiger charge is 2.28. The van der Waals surface area contributed by atoms with Crippen molar-refractivity contribution < 1.29 is 19.4 Å². The molecule has 1 amide bonds. The van der Waals surface area contributed by atoms with E-state index in [0.29, 0.717) is 11.6 Å². The number of halogens is 1. The molecule has 1 heterocycles. The number of aliphatic carboxylic acids is 1. The van der Waals surface area contributed by atoms with Crippen molar-refractivity contribution in [3.05, 3.63) is 29.3 Å². The second-order valence-electron chi connectivity index (χ2n) is 4.26. The third-order valence-corrected chi connectivity index (χ3v) is 4.38. The number of rotatable bonds is 4. The number of ether oxygens (including phenoxy) is 1. The molecule has 108 valence electrons. The quantitative estimate of drug-likeness (QED) is 0.857. The summed E-state index contributed by atoms with van der Waals surface area (Å²) in [4.78, 5) is 25.3. The van der Waals surface area contributed by atoms with Gasteiger partial charge in [0, 0.05) is 11.4 Å². The van der Waals surface area contributed by atoms with Crippen LogP contribution in [0.2, 0.25) is 5.02 Å². The van der Waals surface area contributed by atoms with E-state index in [9.17, 15) is 9.59 Å². The van der Waals surface area contributed by atoms with E-state index in [2.05, 4.69) is 0 Å². The largest absolute Gasteiger partial charge is 0.479 e. The molecule has 20 heavy (non-hydrogen) atoms. The number of carboxylic acids is 1. The Morgan fingerprint density at radius 1 is 1.45 bits per heavy atom. The molecule has 1 N–H and O–H groups in total.